The van der Waals surface area contributed by atoms with Gasteiger partial charge >= 0.3 is 5.97 Å². The molecule has 0 saturated heterocycles. The Morgan fingerprint density at radius 2 is 2.16 bits per heavy atom. The Bertz CT molecular complexity index is 715. The molecule has 2 N–H and O–H groups in total. The highest BCUT2D eigenvalue weighted by Crippen LogP contribution is 2.23. The van der Waals surface area contributed by atoms with Crippen LogP contribution in [-0.4, -0.2) is 30.8 Å². The minimum atomic E-state index is -0.826. The lowest BCUT2D eigenvalue weighted by Gasteiger charge is -2.05. The van der Waals surface area contributed by atoms with E-state index in [1.807, 2.05) is 34.9 Å². The molecule has 0 fully saturated rings. The molecule has 2 aromatic heterocycles. The molecule has 0 bridgehead atoms. The standard InChI is InChI=1S/C13H12N4O2/c18-12(19)6-8-17-11-4-2-1-3-9(11)15-13(17)10-5-7-14-16-10/h1-5,7H,6,8H2,(H,14,16)(H,18,19). The van der Waals surface area contributed by atoms with Crippen LogP contribution < -0.4 is 0 Å². The molecule has 19 heavy (non-hydrogen) atoms. The third-order valence-corrected chi connectivity index (χ3v) is 2.95. The first-order chi connectivity index (χ1) is 9.25. The minimum absolute atomic E-state index is 0.0570. The normalized spacial score (nSPS) is 10.9. The highest BCUT2D eigenvalue weighted by molar-refractivity contribution is 5.80. The topological polar surface area (TPSA) is 83.8 Å². The maximum absolute atomic E-state index is 10.8. The van der Waals surface area contributed by atoms with Gasteiger partial charge in [-0.05, 0) is 18.2 Å². The lowest BCUT2D eigenvalue weighted by Crippen LogP contribution is -2.06. The Labute approximate surface area is 108 Å². The van der Waals surface area contributed by atoms with E-state index in [-0.39, 0.29) is 6.42 Å². The van der Waals surface area contributed by atoms with Crippen molar-refractivity contribution in [1.29, 1.82) is 0 Å². The lowest BCUT2D eigenvalue weighted by atomic mass is 10.3. The fourth-order valence-electron chi connectivity index (χ4n) is 2.10. The van der Waals surface area contributed by atoms with Gasteiger partial charge in [-0.2, -0.15) is 5.10 Å². The molecule has 3 aromatic rings. The summed E-state index contributed by atoms with van der Waals surface area (Å²) in [5, 5.41) is 15.6. The molecule has 0 saturated carbocycles. The van der Waals surface area contributed by atoms with Crippen molar-refractivity contribution < 1.29 is 9.90 Å². The van der Waals surface area contributed by atoms with Gasteiger partial charge in [0.15, 0.2) is 5.82 Å². The molecule has 0 atom stereocenters. The summed E-state index contributed by atoms with van der Waals surface area (Å²) < 4.78 is 1.90. The van der Waals surface area contributed by atoms with E-state index in [0.29, 0.717) is 12.4 Å². The zero-order valence-electron chi connectivity index (χ0n) is 10.1. The average Bonchev–Trinajstić information content (AvgIpc) is 3.03. The molecular formula is C13H12N4O2. The first-order valence-electron chi connectivity index (χ1n) is 5.92. The predicted octanol–water partition coefficient (Wildman–Crippen LogP) is 1.90. The summed E-state index contributed by atoms with van der Waals surface area (Å²) in [4.78, 5) is 15.3. The van der Waals surface area contributed by atoms with Gasteiger partial charge in [0.1, 0.15) is 5.69 Å². The second kappa shape index (κ2) is 4.56. The number of aryl methyl sites for hydroxylation is 1. The number of benzene rings is 1. The van der Waals surface area contributed by atoms with Crippen molar-refractivity contribution in [3.05, 3.63) is 36.5 Å². The van der Waals surface area contributed by atoms with Crippen LogP contribution in [0.15, 0.2) is 36.5 Å². The number of carbonyl (C=O) groups is 1. The molecule has 0 radical (unpaired) electrons. The third-order valence-electron chi connectivity index (χ3n) is 2.95. The molecule has 0 unspecified atom stereocenters. The maximum atomic E-state index is 10.8. The van der Waals surface area contributed by atoms with Crippen molar-refractivity contribution >= 4 is 17.0 Å². The SMILES string of the molecule is O=C(O)CCn1c(-c2ccn[nH]2)nc2ccccc21. The van der Waals surface area contributed by atoms with E-state index in [2.05, 4.69) is 15.2 Å². The number of carboxylic acids is 1. The fraction of sp³-hybridized carbons (Fsp3) is 0.154. The highest BCUT2D eigenvalue weighted by Gasteiger charge is 2.13. The van der Waals surface area contributed by atoms with E-state index in [1.165, 1.54) is 0 Å². The van der Waals surface area contributed by atoms with Gasteiger partial charge in [0.05, 0.1) is 17.5 Å². The van der Waals surface area contributed by atoms with Crippen molar-refractivity contribution in [3.8, 4) is 11.5 Å². The van der Waals surface area contributed by atoms with E-state index >= 15 is 0 Å². The van der Waals surface area contributed by atoms with E-state index in [9.17, 15) is 4.79 Å². The number of para-hydroxylation sites is 2. The van der Waals surface area contributed by atoms with Crippen LogP contribution in [0.3, 0.4) is 0 Å². The first-order valence-corrected chi connectivity index (χ1v) is 5.92. The molecule has 0 aliphatic heterocycles. The van der Waals surface area contributed by atoms with Crippen molar-refractivity contribution in [1.82, 2.24) is 19.7 Å². The van der Waals surface area contributed by atoms with Gasteiger partial charge in [-0.15, -0.1) is 0 Å². The van der Waals surface area contributed by atoms with Gasteiger partial charge < -0.3 is 9.67 Å². The number of H-pyrrole nitrogens is 1. The number of aliphatic carboxylic acids is 1. The summed E-state index contributed by atoms with van der Waals surface area (Å²) >= 11 is 0. The van der Waals surface area contributed by atoms with Gasteiger partial charge in [-0.3, -0.25) is 9.89 Å². The third kappa shape index (κ3) is 2.08. The zero-order valence-corrected chi connectivity index (χ0v) is 10.1. The number of aromatic amines is 1. The number of hydrogen-bond acceptors (Lipinski definition) is 3. The van der Waals surface area contributed by atoms with Gasteiger partial charge in [-0.1, -0.05) is 12.1 Å². The Morgan fingerprint density at radius 3 is 2.89 bits per heavy atom. The Morgan fingerprint density at radius 1 is 1.32 bits per heavy atom. The Hall–Kier alpha value is -2.63. The van der Waals surface area contributed by atoms with Crippen LogP contribution in [-0.2, 0) is 11.3 Å². The molecule has 2 heterocycles. The first kappa shape index (κ1) is 11.5. The smallest absolute Gasteiger partial charge is 0.305 e. The fourth-order valence-corrected chi connectivity index (χ4v) is 2.10. The quantitative estimate of drug-likeness (QED) is 0.746. The molecule has 6 heteroatoms. The zero-order chi connectivity index (χ0) is 13.2. The van der Waals surface area contributed by atoms with E-state index < -0.39 is 5.97 Å². The van der Waals surface area contributed by atoms with Gasteiger partial charge in [0, 0.05) is 12.7 Å². The second-order valence-electron chi connectivity index (χ2n) is 4.19. The minimum Gasteiger partial charge on any atom is -0.481 e. The van der Waals surface area contributed by atoms with Crippen molar-refractivity contribution in [2.45, 2.75) is 13.0 Å². The molecule has 0 amide bonds. The number of nitrogens with one attached hydrogen (secondary N) is 1. The van der Waals surface area contributed by atoms with Crippen LogP contribution in [0.25, 0.3) is 22.6 Å². The van der Waals surface area contributed by atoms with Crippen LogP contribution in [0.1, 0.15) is 6.42 Å². The summed E-state index contributed by atoms with van der Waals surface area (Å²) in [5.41, 5.74) is 2.55. The number of fused-ring (bicyclic) bond motifs is 1. The molecule has 0 aliphatic rings. The van der Waals surface area contributed by atoms with Gasteiger partial charge in [0.2, 0.25) is 0 Å². The summed E-state index contributed by atoms with van der Waals surface area (Å²) in [7, 11) is 0. The van der Waals surface area contributed by atoms with Crippen molar-refractivity contribution in [2.75, 3.05) is 0 Å². The lowest BCUT2D eigenvalue weighted by molar-refractivity contribution is -0.137. The molecule has 0 aliphatic carbocycles. The van der Waals surface area contributed by atoms with E-state index in [1.54, 1.807) is 6.20 Å². The summed E-state index contributed by atoms with van der Waals surface area (Å²) in [6.45, 7) is 0.379. The second-order valence-corrected chi connectivity index (χ2v) is 4.19. The largest absolute Gasteiger partial charge is 0.481 e. The summed E-state index contributed by atoms with van der Waals surface area (Å²) in [6, 6.07) is 9.49. The number of hydrogen-bond donors (Lipinski definition) is 2. The number of carboxylic acid groups (broad SMARTS) is 1. The number of nitrogens with zero attached hydrogens (tertiary/aromatic N) is 3. The van der Waals surface area contributed by atoms with Crippen molar-refractivity contribution in [3.63, 3.8) is 0 Å². The molecule has 1 aromatic carbocycles. The van der Waals surface area contributed by atoms with Gasteiger partial charge in [0.25, 0.3) is 0 Å². The van der Waals surface area contributed by atoms with Crippen LogP contribution >= 0.6 is 0 Å². The Balaban J connectivity index is 2.14. The predicted molar refractivity (Wildman–Crippen MR) is 69.6 cm³/mol. The number of aromatic nitrogens is 4. The molecule has 3 rings (SSSR count). The van der Waals surface area contributed by atoms with Crippen LogP contribution in [0.2, 0.25) is 0 Å². The van der Waals surface area contributed by atoms with Crippen LogP contribution in [0, 0.1) is 0 Å². The van der Waals surface area contributed by atoms with E-state index in [4.69, 9.17) is 5.11 Å². The molecule has 96 valence electrons. The monoisotopic (exact) mass is 256 g/mol. The maximum Gasteiger partial charge on any atom is 0.305 e. The summed E-state index contributed by atoms with van der Waals surface area (Å²) in [5.74, 6) is -0.117. The molecule has 0 spiro atoms. The average molecular weight is 256 g/mol. The molecule has 6 nitrogen and oxygen atoms in total. The Kier molecular flexibility index (Phi) is 2.75. The van der Waals surface area contributed by atoms with Gasteiger partial charge in [-0.25, -0.2) is 4.98 Å². The van der Waals surface area contributed by atoms with Crippen LogP contribution in [0.5, 0.6) is 0 Å². The molecular weight excluding hydrogens is 244 g/mol. The van der Waals surface area contributed by atoms with E-state index in [0.717, 1.165) is 16.7 Å². The summed E-state index contributed by atoms with van der Waals surface area (Å²) in [6.07, 6.45) is 1.71. The number of imidazole rings is 1. The number of rotatable bonds is 4. The van der Waals surface area contributed by atoms with Crippen molar-refractivity contribution in [2.24, 2.45) is 0 Å². The van der Waals surface area contributed by atoms with Crippen LogP contribution in [0.4, 0.5) is 0 Å². The highest BCUT2D eigenvalue weighted by atomic mass is 16.4.